The van der Waals surface area contributed by atoms with Crippen LogP contribution >= 0.6 is 11.6 Å². The van der Waals surface area contributed by atoms with Gasteiger partial charge in [-0.05, 0) is 29.8 Å². The third-order valence-electron chi connectivity index (χ3n) is 4.35. The third-order valence-corrected chi connectivity index (χ3v) is 4.68. The molecular weight excluding hydrogens is 402 g/mol. The lowest BCUT2D eigenvalue weighted by Crippen LogP contribution is -2.31. The molecule has 30 heavy (non-hydrogen) atoms. The predicted octanol–water partition coefficient (Wildman–Crippen LogP) is 4.82. The Morgan fingerprint density at radius 2 is 1.47 bits per heavy atom. The van der Waals surface area contributed by atoms with E-state index in [0.717, 1.165) is 5.56 Å². The zero-order chi connectivity index (χ0) is 21.2. The molecule has 1 amide bonds. The molecule has 0 saturated carbocycles. The van der Waals surface area contributed by atoms with E-state index < -0.39 is 12.0 Å². The molecular formula is C24H22ClNO4. The van der Waals surface area contributed by atoms with Crippen LogP contribution in [0.5, 0.6) is 5.75 Å². The van der Waals surface area contributed by atoms with Gasteiger partial charge < -0.3 is 14.8 Å². The van der Waals surface area contributed by atoms with Crippen molar-refractivity contribution in [2.24, 2.45) is 0 Å². The molecule has 154 valence electrons. The minimum Gasteiger partial charge on any atom is -0.490 e. The predicted molar refractivity (Wildman–Crippen MR) is 116 cm³/mol. The number of nitrogens with one attached hydrogen (secondary N) is 1. The van der Waals surface area contributed by atoms with Crippen LogP contribution in [-0.2, 0) is 9.53 Å². The summed E-state index contributed by atoms with van der Waals surface area (Å²) in [6.45, 7) is 0.367. The summed E-state index contributed by atoms with van der Waals surface area (Å²) in [5.74, 6) is -0.0719. The number of rotatable bonds is 9. The molecule has 0 radical (unpaired) electrons. The first-order valence-corrected chi connectivity index (χ1v) is 9.95. The highest BCUT2D eigenvalue weighted by Crippen LogP contribution is 2.20. The lowest BCUT2D eigenvalue weighted by atomic mass is 10.0. The van der Waals surface area contributed by atoms with Gasteiger partial charge in [0.15, 0.2) is 0 Å². The van der Waals surface area contributed by atoms with Gasteiger partial charge in [0, 0.05) is 0 Å². The topological polar surface area (TPSA) is 64.6 Å². The van der Waals surface area contributed by atoms with Crippen molar-refractivity contribution in [3.05, 3.63) is 101 Å². The molecule has 0 bridgehead atoms. The number of hydrogen-bond acceptors (Lipinski definition) is 4. The average Bonchev–Trinajstić information content (AvgIpc) is 2.78. The number of amides is 1. The molecule has 1 N–H and O–H groups in total. The fourth-order valence-electron chi connectivity index (χ4n) is 2.88. The van der Waals surface area contributed by atoms with E-state index >= 15 is 0 Å². The molecule has 0 aliphatic heterocycles. The summed E-state index contributed by atoms with van der Waals surface area (Å²) in [6, 6.07) is 24.8. The highest BCUT2D eigenvalue weighted by Gasteiger charge is 2.21. The van der Waals surface area contributed by atoms with E-state index in [4.69, 9.17) is 21.1 Å². The first kappa shape index (κ1) is 21.4. The third kappa shape index (κ3) is 6.36. The van der Waals surface area contributed by atoms with E-state index in [-0.39, 0.29) is 25.5 Å². The van der Waals surface area contributed by atoms with Gasteiger partial charge in [-0.3, -0.25) is 9.59 Å². The van der Waals surface area contributed by atoms with Gasteiger partial charge in [0.1, 0.15) is 19.0 Å². The zero-order valence-corrected chi connectivity index (χ0v) is 17.0. The van der Waals surface area contributed by atoms with Crippen LogP contribution in [0.1, 0.15) is 28.4 Å². The number of esters is 1. The van der Waals surface area contributed by atoms with Gasteiger partial charge in [0.05, 0.1) is 23.0 Å². The van der Waals surface area contributed by atoms with Gasteiger partial charge in [0.2, 0.25) is 0 Å². The average molecular weight is 424 g/mol. The summed E-state index contributed by atoms with van der Waals surface area (Å²) in [7, 11) is 0. The van der Waals surface area contributed by atoms with Gasteiger partial charge in [-0.2, -0.15) is 0 Å². The van der Waals surface area contributed by atoms with E-state index in [1.807, 2.05) is 60.7 Å². The lowest BCUT2D eigenvalue weighted by molar-refractivity contribution is -0.144. The van der Waals surface area contributed by atoms with E-state index in [1.165, 1.54) is 0 Å². The first-order valence-electron chi connectivity index (χ1n) is 9.57. The van der Waals surface area contributed by atoms with Crippen molar-refractivity contribution in [1.82, 2.24) is 5.32 Å². The molecule has 3 aromatic carbocycles. The van der Waals surface area contributed by atoms with Crippen molar-refractivity contribution in [1.29, 1.82) is 0 Å². The number of ether oxygens (including phenoxy) is 2. The van der Waals surface area contributed by atoms with Crippen LogP contribution < -0.4 is 10.1 Å². The molecule has 1 unspecified atom stereocenters. The second-order valence-electron chi connectivity index (χ2n) is 6.50. The molecule has 0 aromatic heterocycles. The van der Waals surface area contributed by atoms with Gasteiger partial charge >= 0.3 is 5.97 Å². The van der Waals surface area contributed by atoms with Crippen LogP contribution in [0.2, 0.25) is 5.02 Å². The Morgan fingerprint density at radius 3 is 2.17 bits per heavy atom. The Labute approximate surface area is 180 Å². The van der Waals surface area contributed by atoms with Gasteiger partial charge in [0.25, 0.3) is 5.91 Å². The van der Waals surface area contributed by atoms with Crippen molar-refractivity contribution < 1.29 is 19.1 Å². The first-order chi connectivity index (χ1) is 14.6. The van der Waals surface area contributed by atoms with E-state index in [9.17, 15) is 9.59 Å². The van der Waals surface area contributed by atoms with Crippen molar-refractivity contribution in [3.63, 3.8) is 0 Å². The Hall–Kier alpha value is -3.31. The van der Waals surface area contributed by atoms with Crippen LogP contribution in [0.3, 0.4) is 0 Å². The largest absolute Gasteiger partial charge is 0.490 e. The summed E-state index contributed by atoms with van der Waals surface area (Å²) in [5.41, 5.74) is 1.15. The van der Waals surface area contributed by atoms with Crippen LogP contribution in [0.25, 0.3) is 0 Å². The molecule has 6 heteroatoms. The van der Waals surface area contributed by atoms with Gasteiger partial charge in [-0.25, -0.2) is 0 Å². The minimum absolute atomic E-state index is 0.00839. The van der Waals surface area contributed by atoms with Crippen molar-refractivity contribution in [3.8, 4) is 5.75 Å². The number of hydrogen-bond donors (Lipinski definition) is 1. The number of benzene rings is 3. The molecule has 3 aromatic rings. The molecule has 0 heterocycles. The SMILES string of the molecule is O=C(CC(NC(=O)c1ccccc1Cl)c1ccccc1)OCCOc1ccccc1. The Kier molecular flexibility index (Phi) is 7.86. The molecule has 3 rings (SSSR count). The second kappa shape index (κ2) is 11.0. The molecule has 0 spiro atoms. The Balaban J connectivity index is 1.58. The molecule has 0 aliphatic rings. The molecule has 5 nitrogen and oxygen atoms in total. The molecule has 0 fully saturated rings. The second-order valence-corrected chi connectivity index (χ2v) is 6.91. The number of para-hydroxylation sites is 1. The summed E-state index contributed by atoms with van der Waals surface area (Å²) < 4.78 is 10.8. The quantitative estimate of drug-likeness (QED) is 0.395. The zero-order valence-electron chi connectivity index (χ0n) is 16.3. The van der Waals surface area contributed by atoms with Crippen LogP contribution in [-0.4, -0.2) is 25.1 Å². The molecule has 0 aliphatic carbocycles. The van der Waals surface area contributed by atoms with E-state index in [0.29, 0.717) is 16.3 Å². The fraction of sp³-hybridized carbons (Fsp3) is 0.167. The number of halogens is 1. The Bertz CT molecular complexity index is 963. The Morgan fingerprint density at radius 1 is 0.833 bits per heavy atom. The summed E-state index contributed by atoms with van der Waals surface area (Å²) >= 11 is 6.12. The van der Waals surface area contributed by atoms with Crippen molar-refractivity contribution >= 4 is 23.5 Å². The van der Waals surface area contributed by atoms with E-state index in [1.54, 1.807) is 24.3 Å². The standard InChI is InChI=1S/C24H22ClNO4/c25-21-14-8-7-13-20(21)24(28)26-22(18-9-3-1-4-10-18)17-23(27)30-16-15-29-19-11-5-2-6-12-19/h1-14,22H,15-17H2,(H,26,28). The maximum atomic E-state index is 12.7. The van der Waals surface area contributed by atoms with E-state index in [2.05, 4.69) is 5.32 Å². The van der Waals surface area contributed by atoms with Crippen LogP contribution in [0.4, 0.5) is 0 Å². The van der Waals surface area contributed by atoms with Crippen LogP contribution in [0.15, 0.2) is 84.9 Å². The highest BCUT2D eigenvalue weighted by atomic mass is 35.5. The smallest absolute Gasteiger partial charge is 0.308 e. The van der Waals surface area contributed by atoms with Crippen molar-refractivity contribution in [2.75, 3.05) is 13.2 Å². The lowest BCUT2D eigenvalue weighted by Gasteiger charge is -2.19. The number of carbonyl (C=O) groups excluding carboxylic acids is 2. The normalized spacial score (nSPS) is 11.4. The minimum atomic E-state index is -0.544. The summed E-state index contributed by atoms with van der Waals surface area (Å²) in [5, 5.41) is 3.23. The fourth-order valence-corrected chi connectivity index (χ4v) is 3.10. The maximum absolute atomic E-state index is 12.7. The summed E-state index contributed by atoms with van der Waals surface area (Å²) in [4.78, 5) is 25.0. The van der Waals surface area contributed by atoms with Crippen molar-refractivity contribution in [2.45, 2.75) is 12.5 Å². The highest BCUT2D eigenvalue weighted by molar-refractivity contribution is 6.33. The maximum Gasteiger partial charge on any atom is 0.308 e. The number of carbonyl (C=O) groups is 2. The molecule has 1 atom stereocenters. The van der Waals surface area contributed by atoms with Crippen LogP contribution in [0, 0.1) is 0 Å². The monoisotopic (exact) mass is 423 g/mol. The molecule has 0 saturated heterocycles. The van der Waals surface area contributed by atoms with Gasteiger partial charge in [-0.15, -0.1) is 0 Å². The van der Waals surface area contributed by atoms with Gasteiger partial charge in [-0.1, -0.05) is 72.3 Å². The summed E-state index contributed by atoms with van der Waals surface area (Å²) in [6.07, 6.45) is -0.00839.